The van der Waals surface area contributed by atoms with Crippen LogP contribution < -0.4 is 9.46 Å². The third kappa shape index (κ3) is 7.11. The number of halogens is 2. The molecule has 2 fully saturated rings. The number of nitrogens with one attached hydrogen (secondary N) is 1. The second kappa shape index (κ2) is 13.5. The van der Waals surface area contributed by atoms with Gasteiger partial charge in [-0.25, -0.2) is 17.2 Å². The number of nitrogens with zero attached hydrogens (tertiary/aromatic N) is 3. The van der Waals surface area contributed by atoms with Gasteiger partial charge in [-0.05, 0) is 36.4 Å². The Bertz CT molecular complexity index is 1700. The fourth-order valence-electron chi connectivity index (χ4n) is 4.85. The molecule has 228 valence electrons. The van der Waals surface area contributed by atoms with Crippen LogP contribution in [-0.2, 0) is 16.6 Å². The highest BCUT2D eigenvalue weighted by Gasteiger charge is 2.25. The molecule has 8 nitrogen and oxygen atoms in total. The van der Waals surface area contributed by atoms with Crippen LogP contribution in [0.25, 0.3) is 10.9 Å². The summed E-state index contributed by atoms with van der Waals surface area (Å²) in [5, 5.41) is 0.689. The first-order chi connectivity index (χ1) is 20.8. The van der Waals surface area contributed by atoms with Crippen molar-refractivity contribution in [2.24, 2.45) is 0 Å². The van der Waals surface area contributed by atoms with Gasteiger partial charge in [0.05, 0.1) is 18.3 Å². The molecule has 0 bridgehead atoms. The Hall–Kier alpha value is -4.09. The van der Waals surface area contributed by atoms with Crippen molar-refractivity contribution in [1.29, 1.82) is 0 Å². The van der Waals surface area contributed by atoms with Crippen molar-refractivity contribution in [1.82, 2.24) is 14.8 Å². The number of amides is 1. The van der Waals surface area contributed by atoms with Crippen LogP contribution in [0.1, 0.15) is 43.0 Å². The second-order valence-electron chi connectivity index (χ2n) is 10.5. The summed E-state index contributed by atoms with van der Waals surface area (Å²) in [5.74, 6) is -1.78. The van der Waals surface area contributed by atoms with Crippen molar-refractivity contribution in [3.05, 3.63) is 95.7 Å². The first-order valence-electron chi connectivity index (χ1n) is 14.3. The Morgan fingerprint density at radius 3 is 2.35 bits per heavy atom. The number of piperazine rings is 1. The van der Waals surface area contributed by atoms with Crippen molar-refractivity contribution in [2.45, 2.75) is 37.1 Å². The maximum absolute atomic E-state index is 14.0. The van der Waals surface area contributed by atoms with Gasteiger partial charge in [0.25, 0.3) is 15.9 Å². The van der Waals surface area contributed by atoms with Gasteiger partial charge in [0.1, 0.15) is 10.6 Å². The maximum Gasteiger partial charge on any atom is 0.264 e. The van der Waals surface area contributed by atoms with Crippen LogP contribution in [0.15, 0.2) is 77.8 Å². The van der Waals surface area contributed by atoms with Crippen LogP contribution >= 0.6 is 0 Å². The number of carbonyl (C=O) groups is 1. The van der Waals surface area contributed by atoms with Crippen LogP contribution in [-0.4, -0.2) is 62.4 Å². The Morgan fingerprint density at radius 1 is 0.953 bits per heavy atom. The summed E-state index contributed by atoms with van der Waals surface area (Å²) in [4.78, 5) is 21.1. The smallest absolute Gasteiger partial charge is 0.264 e. The van der Waals surface area contributed by atoms with Gasteiger partial charge in [0.15, 0.2) is 11.6 Å². The lowest BCUT2D eigenvalue weighted by Gasteiger charge is -2.35. The summed E-state index contributed by atoms with van der Waals surface area (Å²) < 4.78 is 62.0. The fourth-order valence-corrected chi connectivity index (χ4v) is 6.11. The van der Waals surface area contributed by atoms with Gasteiger partial charge in [-0.3, -0.25) is 19.4 Å². The zero-order valence-electron chi connectivity index (χ0n) is 23.9. The van der Waals surface area contributed by atoms with E-state index < -0.39 is 21.7 Å². The predicted molar refractivity (Wildman–Crippen MR) is 164 cm³/mol. The molecule has 2 aliphatic rings. The number of fused-ring (bicyclic) bond motifs is 1. The first kappa shape index (κ1) is 30.4. The molecule has 11 heteroatoms. The third-order valence-electron chi connectivity index (χ3n) is 7.66. The number of hydrogen-bond donors (Lipinski definition) is 1. The summed E-state index contributed by atoms with van der Waals surface area (Å²) in [6, 6.07) is 17.0. The summed E-state index contributed by atoms with van der Waals surface area (Å²) in [6.45, 7) is 2.05. The average Bonchev–Trinajstić information content (AvgIpc) is 2.98. The number of para-hydroxylation sites is 1. The first-order valence-corrected chi connectivity index (χ1v) is 15.7. The molecule has 43 heavy (non-hydrogen) atoms. The number of rotatable bonds is 7. The Morgan fingerprint density at radius 2 is 1.65 bits per heavy atom. The van der Waals surface area contributed by atoms with E-state index in [1.54, 1.807) is 41.3 Å². The Labute approximate surface area is 251 Å². The maximum atomic E-state index is 14.0. The van der Waals surface area contributed by atoms with Gasteiger partial charge >= 0.3 is 0 Å². The number of anilines is 1. The van der Waals surface area contributed by atoms with Crippen LogP contribution in [0.2, 0.25) is 0 Å². The molecule has 3 aromatic carbocycles. The van der Waals surface area contributed by atoms with Crippen molar-refractivity contribution >= 4 is 32.5 Å². The minimum atomic E-state index is -4.01. The summed E-state index contributed by atoms with van der Waals surface area (Å²) in [6.07, 6.45) is 7.53. The molecule has 2 heterocycles. The molecule has 0 spiro atoms. The normalized spacial score (nSPS) is 15.3. The highest BCUT2D eigenvalue weighted by Crippen LogP contribution is 2.30. The van der Waals surface area contributed by atoms with E-state index >= 15 is 0 Å². The lowest BCUT2D eigenvalue weighted by atomic mass is 10.0. The number of hydrogen-bond acceptors (Lipinski definition) is 6. The van der Waals surface area contributed by atoms with Crippen molar-refractivity contribution < 1.29 is 28.2 Å². The van der Waals surface area contributed by atoms with E-state index in [9.17, 15) is 22.0 Å². The van der Waals surface area contributed by atoms with E-state index in [0.29, 0.717) is 42.6 Å². The van der Waals surface area contributed by atoms with Crippen molar-refractivity contribution in [3.63, 3.8) is 0 Å². The highest BCUT2D eigenvalue weighted by molar-refractivity contribution is 7.93. The van der Waals surface area contributed by atoms with Gasteiger partial charge in [-0.15, -0.1) is 0 Å². The second-order valence-corrected chi connectivity index (χ2v) is 12.2. The molecule has 0 atom stereocenters. The van der Waals surface area contributed by atoms with Gasteiger partial charge in [-0.2, -0.15) is 0 Å². The molecule has 1 aliphatic carbocycles. The SMILES string of the molecule is C1CCC1.COc1cc(C(=O)N2CCN(Cc3cccc(F)c3F)CC2)ccc1NS(=O)(=O)c1cccc2cccnc12.[HH]. The van der Waals surface area contributed by atoms with Crippen LogP contribution in [0.4, 0.5) is 14.5 Å². The van der Waals surface area contributed by atoms with E-state index in [0.717, 1.165) is 6.07 Å². The minimum Gasteiger partial charge on any atom is -0.495 e. The molecule has 1 saturated carbocycles. The molecule has 1 amide bonds. The van der Waals surface area contributed by atoms with Gasteiger partial charge in [-0.1, -0.05) is 56.0 Å². The van der Waals surface area contributed by atoms with Crippen molar-refractivity contribution in [3.8, 4) is 5.75 Å². The van der Waals surface area contributed by atoms with E-state index in [1.165, 1.54) is 63.3 Å². The Kier molecular flexibility index (Phi) is 9.52. The number of methoxy groups -OCH3 is 1. The van der Waals surface area contributed by atoms with Crippen LogP contribution in [0.5, 0.6) is 5.75 Å². The third-order valence-corrected chi connectivity index (χ3v) is 9.06. The zero-order chi connectivity index (χ0) is 30.4. The number of aromatic nitrogens is 1. The van der Waals surface area contributed by atoms with Crippen LogP contribution in [0, 0.1) is 11.6 Å². The number of benzene rings is 3. The van der Waals surface area contributed by atoms with Crippen LogP contribution in [0.3, 0.4) is 0 Å². The molecular formula is C32H36F2N4O4S. The summed E-state index contributed by atoms with van der Waals surface area (Å²) in [7, 11) is -2.61. The zero-order valence-corrected chi connectivity index (χ0v) is 24.7. The van der Waals surface area contributed by atoms with Gasteiger partial charge in [0, 0.05) is 56.9 Å². The molecule has 6 rings (SSSR count). The van der Waals surface area contributed by atoms with E-state index in [1.807, 2.05) is 4.90 Å². The molecule has 4 aromatic rings. The molecule has 1 saturated heterocycles. The summed E-state index contributed by atoms with van der Waals surface area (Å²) >= 11 is 0. The van der Waals surface area contributed by atoms with Crippen molar-refractivity contribution in [2.75, 3.05) is 38.0 Å². The summed E-state index contributed by atoms with van der Waals surface area (Å²) in [5.41, 5.74) is 1.14. The van der Waals surface area contributed by atoms with E-state index in [-0.39, 0.29) is 35.8 Å². The Balaban J connectivity index is 0.000000818. The predicted octanol–water partition coefficient (Wildman–Crippen LogP) is 6.09. The minimum absolute atomic E-state index is 0. The lowest BCUT2D eigenvalue weighted by Crippen LogP contribution is -2.48. The number of ether oxygens (including phenoxy) is 1. The lowest BCUT2D eigenvalue weighted by molar-refractivity contribution is 0.0626. The molecule has 1 N–H and O–H groups in total. The van der Waals surface area contributed by atoms with E-state index in [2.05, 4.69) is 9.71 Å². The molecule has 0 unspecified atom stereocenters. The monoisotopic (exact) mass is 610 g/mol. The fraction of sp³-hybridized carbons (Fsp3) is 0.312. The average molecular weight is 611 g/mol. The van der Waals surface area contributed by atoms with Gasteiger partial charge in [0.2, 0.25) is 0 Å². The largest absolute Gasteiger partial charge is 0.495 e. The number of pyridine rings is 1. The molecular weight excluding hydrogens is 574 g/mol. The number of sulfonamides is 1. The molecule has 1 aliphatic heterocycles. The van der Waals surface area contributed by atoms with Gasteiger partial charge < -0.3 is 9.64 Å². The topological polar surface area (TPSA) is 91.8 Å². The quantitative estimate of drug-likeness (QED) is 0.273. The standard InChI is InChI=1S/C28H26F2N4O4S.C4H8.H2/c1-38-24-17-20(28(35)34-15-13-33(14-16-34)18-21-6-2-8-22(29)26(21)30)10-11-23(24)32-39(36,37)25-9-3-5-19-7-4-12-31-27(19)25;1-2-4-3-1;/h2-12,17,32H,13-16,18H2,1H3;1-4H2;1H. The van der Waals surface area contributed by atoms with E-state index in [4.69, 9.17) is 4.74 Å². The number of carbonyl (C=O) groups excluding carboxylic acids is 1. The molecule has 0 radical (unpaired) electrons. The highest BCUT2D eigenvalue weighted by atomic mass is 32.2. The molecule has 1 aromatic heterocycles.